The first kappa shape index (κ1) is 17.8. The predicted octanol–water partition coefficient (Wildman–Crippen LogP) is 1.48. The van der Waals surface area contributed by atoms with Crippen molar-refractivity contribution >= 4 is 29.7 Å². The van der Waals surface area contributed by atoms with E-state index in [1.54, 1.807) is 11.8 Å². The molecule has 0 heterocycles. The highest BCUT2D eigenvalue weighted by Crippen LogP contribution is 2.16. The highest BCUT2D eigenvalue weighted by molar-refractivity contribution is 7.98. The Bertz CT molecular complexity index is 564. The van der Waals surface area contributed by atoms with Crippen LogP contribution in [0.5, 0.6) is 0 Å². The topological polar surface area (TPSA) is 107 Å². The molecule has 1 rings (SSSR count). The largest absolute Gasteiger partial charge is 0.481 e. The third-order valence-electron chi connectivity index (χ3n) is 2.88. The van der Waals surface area contributed by atoms with Crippen molar-refractivity contribution in [3.05, 3.63) is 29.8 Å². The first-order chi connectivity index (χ1) is 10.3. The standard InChI is InChI=1S/C14H18N2O5S/c1-16(8-9-4-3-5-10(6-9)22-2)14(21)15-11(13(19)20)7-12(17)18/h3-6,11H,7-8H2,1-2H3,(H,15,21)(H,17,18)(H,19,20). The van der Waals surface area contributed by atoms with Gasteiger partial charge in [0.15, 0.2) is 0 Å². The Hall–Kier alpha value is -2.22. The molecule has 2 amide bonds. The van der Waals surface area contributed by atoms with Crippen molar-refractivity contribution in [2.75, 3.05) is 13.3 Å². The van der Waals surface area contributed by atoms with Gasteiger partial charge in [-0.05, 0) is 24.0 Å². The van der Waals surface area contributed by atoms with Gasteiger partial charge in [-0.15, -0.1) is 11.8 Å². The number of benzene rings is 1. The maximum Gasteiger partial charge on any atom is 0.326 e. The second kappa shape index (κ2) is 8.28. The summed E-state index contributed by atoms with van der Waals surface area (Å²) < 4.78 is 0. The van der Waals surface area contributed by atoms with Gasteiger partial charge >= 0.3 is 18.0 Å². The molecule has 0 fully saturated rings. The van der Waals surface area contributed by atoms with Gasteiger partial charge in [0.2, 0.25) is 0 Å². The maximum absolute atomic E-state index is 12.0. The average molecular weight is 326 g/mol. The number of carbonyl (C=O) groups is 3. The van der Waals surface area contributed by atoms with Crippen LogP contribution in [0.15, 0.2) is 29.2 Å². The molecule has 8 heteroatoms. The molecule has 0 aliphatic heterocycles. The number of hydrogen-bond donors (Lipinski definition) is 3. The summed E-state index contributed by atoms with van der Waals surface area (Å²) in [4.78, 5) is 35.8. The van der Waals surface area contributed by atoms with E-state index in [-0.39, 0.29) is 0 Å². The van der Waals surface area contributed by atoms with Crippen molar-refractivity contribution in [3.8, 4) is 0 Å². The Balaban J connectivity index is 2.67. The van der Waals surface area contributed by atoms with E-state index in [1.807, 2.05) is 30.5 Å². The number of aliphatic carboxylic acids is 2. The molecule has 1 atom stereocenters. The lowest BCUT2D eigenvalue weighted by molar-refractivity contribution is -0.145. The maximum atomic E-state index is 12.0. The summed E-state index contributed by atoms with van der Waals surface area (Å²) in [5.74, 6) is -2.67. The molecular weight excluding hydrogens is 308 g/mol. The highest BCUT2D eigenvalue weighted by Gasteiger charge is 2.24. The summed E-state index contributed by atoms with van der Waals surface area (Å²) in [5, 5.41) is 19.8. The van der Waals surface area contributed by atoms with E-state index in [2.05, 4.69) is 5.32 Å². The Kier molecular flexibility index (Phi) is 6.71. The third-order valence-corrected chi connectivity index (χ3v) is 3.60. The molecule has 0 radical (unpaired) electrons. The number of carbonyl (C=O) groups excluding carboxylic acids is 1. The molecule has 7 nitrogen and oxygen atoms in total. The highest BCUT2D eigenvalue weighted by atomic mass is 32.2. The fourth-order valence-corrected chi connectivity index (χ4v) is 2.23. The van der Waals surface area contributed by atoms with Gasteiger partial charge in [0, 0.05) is 18.5 Å². The van der Waals surface area contributed by atoms with Crippen LogP contribution in [0.3, 0.4) is 0 Å². The molecule has 3 N–H and O–H groups in total. The fourth-order valence-electron chi connectivity index (χ4n) is 1.75. The van der Waals surface area contributed by atoms with Gasteiger partial charge < -0.3 is 20.4 Å². The van der Waals surface area contributed by atoms with Crippen LogP contribution in [0.2, 0.25) is 0 Å². The zero-order chi connectivity index (χ0) is 16.7. The third kappa shape index (κ3) is 5.65. The average Bonchev–Trinajstić information content (AvgIpc) is 2.46. The van der Waals surface area contributed by atoms with Crippen molar-refractivity contribution in [1.82, 2.24) is 10.2 Å². The number of rotatable bonds is 7. The van der Waals surface area contributed by atoms with Gasteiger partial charge in [-0.25, -0.2) is 9.59 Å². The first-order valence-electron chi connectivity index (χ1n) is 6.42. The van der Waals surface area contributed by atoms with E-state index in [0.29, 0.717) is 6.54 Å². The molecule has 1 unspecified atom stereocenters. The monoisotopic (exact) mass is 326 g/mol. The van der Waals surface area contributed by atoms with Gasteiger partial charge in [-0.1, -0.05) is 12.1 Å². The number of nitrogens with one attached hydrogen (secondary N) is 1. The van der Waals surface area contributed by atoms with E-state index in [1.165, 1.54) is 11.9 Å². The Morgan fingerprint density at radius 2 is 2.00 bits per heavy atom. The fraction of sp³-hybridized carbons (Fsp3) is 0.357. The smallest absolute Gasteiger partial charge is 0.326 e. The number of hydrogen-bond acceptors (Lipinski definition) is 4. The zero-order valence-corrected chi connectivity index (χ0v) is 13.1. The molecule has 0 aliphatic rings. The number of carboxylic acid groups (broad SMARTS) is 2. The molecular formula is C14H18N2O5S. The molecule has 0 aromatic heterocycles. The van der Waals surface area contributed by atoms with Crippen LogP contribution in [-0.2, 0) is 16.1 Å². The van der Waals surface area contributed by atoms with Gasteiger partial charge in [0.05, 0.1) is 6.42 Å². The summed E-state index contributed by atoms with van der Waals surface area (Å²) >= 11 is 1.58. The van der Waals surface area contributed by atoms with Gasteiger partial charge in [-0.2, -0.15) is 0 Å². The minimum absolute atomic E-state index is 0.291. The lowest BCUT2D eigenvalue weighted by Gasteiger charge is -2.21. The molecule has 0 spiro atoms. The van der Waals surface area contributed by atoms with Crippen LogP contribution >= 0.6 is 11.8 Å². The molecule has 0 saturated carbocycles. The molecule has 120 valence electrons. The Labute approximate surface area is 132 Å². The Morgan fingerprint density at radius 1 is 1.32 bits per heavy atom. The van der Waals surface area contributed by atoms with Crippen molar-refractivity contribution in [2.24, 2.45) is 0 Å². The number of amides is 2. The Morgan fingerprint density at radius 3 is 2.55 bits per heavy atom. The summed E-state index contributed by atoms with van der Waals surface area (Å²) in [6.07, 6.45) is 1.27. The molecule has 0 saturated heterocycles. The minimum atomic E-state index is -1.45. The van der Waals surface area contributed by atoms with E-state index in [4.69, 9.17) is 10.2 Å². The molecule has 0 bridgehead atoms. The van der Waals surface area contributed by atoms with Gasteiger partial charge in [0.25, 0.3) is 0 Å². The predicted molar refractivity (Wildman–Crippen MR) is 81.9 cm³/mol. The second-order valence-electron chi connectivity index (χ2n) is 4.65. The van der Waals surface area contributed by atoms with E-state index < -0.39 is 30.4 Å². The molecule has 1 aromatic rings. The summed E-state index contributed by atoms with van der Waals surface area (Å²) in [5.41, 5.74) is 0.898. The molecule has 1 aromatic carbocycles. The lowest BCUT2D eigenvalue weighted by atomic mass is 10.2. The number of nitrogens with zero attached hydrogens (tertiary/aromatic N) is 1. The second-order valence-corrected chi connectivity index (χ2v) is 5.53. The molecule has 0 aliphatic carbocycles. The van der Waals surface area contributed by atoms with Gasteiger partial charge in [-0.3, -0.25) is 4.79 Å². The number of carboxylic acids is 2. The van der Waals surface area contributed by atoms with Crippen LogP contribution in [0.4, 0.5) is 4.79 Å². The van der Waals surface area contributed by atoms with Crippen LogP contribution in [0.25, 0.3) is 0 Å². The SMILES string of the molecule is CSc1cccc(CN(C)C(=O)NC(CC(=O)O)C(=O)O)c1. The van der Waals surface area contributed by atoms with Crippen LogP contribution in [-0.4, -0.2) is 52.4 Å². The minimum Gasteiger partial charge on any atom is -0.481 e. The lowest BCUT2D eigenvalue weighted by Crippen LogP contribution is -2.47. The molecule has 22 heavy (non-hydrogen) atoms. The van der Waals surface area contributed by atoms with Crippen LogP contribution in [0, 0.1) is 0 Å². The summed E-state index contributed by atoms with van der Waals surface area (Å²) in [6.45, 7) is 0.291. The van der Waals surface area contributed by atoms with Crippen LogP contribution < -0.4 is 5.32 Å². The van der Waals surface area contributed by atoms with Crippen molar-refractivity contribution in [1.29, 1.82) is 0 Å². The van der Waals surface area contributed by atoms with Crippen molar-refractivity contribution in [2.45, 2.75) is 23.9 Å². The summed E-state index contributed by atoms with van der Waals surface area (Å²) in [7, 11) is 1.51. The first-order valence-corrected chi connectivity index (χ1v) is 7.65. The number of thioether (sulfide) groups is 1. The van der Waals surface area contributed by atoms with Crippen LogP contribution in [0.1, 0.15) is 12.0 Å². The normalized spacial score (nSPS) is 11.5. The summed E-state index contributed by atoms with van der Waals surface area (Å²) in [6, 6.07) is 5.52. The quantitative estimate of drug-likeness (QED) is 0.655. The number of urea groups is 1. The van der Waals surface area contributed by atoms with E-state index in [9.17, 15) is 14.4 Å². The van der Waals surface area contributed by atoms with E-state index >= 15 is 0 Å². The van der Waals surface area contributed by atoms with Crippen molar-refractivity contribution in [3.63, 3.8) is 0 Å². The van der Waals surface area contributed by atoms with E-state index in [0.717, 1.165) is 10.5 Å². The van der Waals surface area contributed by atoms with Crippen molar-refractivity contribution < 1.29 is 24.6 Å². The van der Waals surface area contributed by atoms with Gasteiger partial charge in [0.1, 0.15) is 6.04 Å². The zero-order valence-electron chi connectivity index (χ0n) is 12.3.